The molecule has 0 bridgehead atoms. The molecule has 0 N–H and O–H groups in total. The van der Waals surface area contributed by atoms with Crippen molar-refractivity contribution in [3.05, 3.63) is 152 Å². The molecule has 42 heavy (non-hydrogen) atoms. The molecule has 2 heterocycles. The molecule has 0 unspecified atom stereocenters. The quantitative estimate of drug-likeness (QED) is 0.219. The van der Waals surface area contributed by atoms with Crippen LogP contribution in [0.15, 0.2) is 152 Å². The van der Waals surface area contributed by atoms with Crippen LogP contribution >= 0.6 is 0 Å². The Kier molecular flexibility index (Phi) is 4.93. The molecule has 1 aromatic heterocycles. The molecule has 2 nitrogen and oxygen atoms in total. The summed E-state index contributed by atoms with van der Waals surface area (Å²) in [4.78, 5) is 0. The topological polar surface area (TPSA) is 14.2 Å². The van der Waals surface area contributed by atoms with Gasteiger partial charge in [0.2, 0.25) is 0 Å². The minimum absolute atomic E-state index is 0.896. The number of hydrogen-bond donors (Lipinski definition) is 0. The van der Waals surface area contributed by atoms with Gasteiger partial charge < -0.3 is 9.30 Å². The smallest absolute Gasteiger partial charge is 0.135 e. The number of aromatic nitrogens is 1. The van der Waals surface area contributed by atoms with E-state index in [2.05, 4.69) is 156 Å². The van der Waals surface area contributed by atoms with Crippen LogP contribution in [0.5, 0.6) is 11.5 Å². The lowest BCUT2D eigenvalue weighted by Crippen LogP contribution is -1.98. The molecule has 2 heteroatoms. The van der Waals surface area contributed by atoms with Crippen LogP contribution in [0.2, 0.25) is 0 Å². The van der Waals surface area contributed by atoms with Crippen LogP contribution in [-0.4, -0.2) is 4.57 Å². The van der Waals surface area contributed by atoms with E-state index in [9.17, 15) is 0 Å². The first kappa shape index (κ1) is 23.1. The third kappa shape index (κ3) is 3.39. The van der Waals surface area contributed by atoms with Crippen molar-refractivity contribution in [1.29, 1.82) is 0 Å². The summed E-state index contributed by atoms with van der Waals surface area (Å²) in [7, 11) is 0. The molecule has 0 spiro atoms. The molecule has 9 rings (SSSR count). The Morgan fingerprint density at radius 1 is 0.381 bits per heavy atom. The van der Waals surface area contributed by atoms with Crippen molar-refractivity contribution < 1.29 is 4.74 Å². The number of hydrogen-bond acceptors (Lipinski definition) is 1. The zero-order valence-corrected chi connectivity index (χ0v) is 22.8. The number of para-hydroxylation sites is 2. The molecule has 0 radical (unpaired) electrons. The van der Waals surface area contributed by atoms with Crippen molar-refractivity contribution in [2.45, 2.75) is 0 Å². The second-order valence-corrected chi connectivity index (χ2v) is 10.9. The van der Waals surface area contributed by atoms with Gasteiger partial charge in [-0.25, -0.2) is 0 Å². The van der Waals surface area contributed by atoms with E-state index in [1.807, 2.05) is 0 Å². The zero-order valence-electron chi connectivity index (χ0n) is 22.8. The number of benzene rings is 7. The van der Waals surface area contributed by atoms with E-state index in [1.54, 1.807) is 0 Å². The van der Waals surface area contributed by atoms with E-state index >= 15 is 0 Å². The Labute approximate surface area is 243 Å². The van der Waals surface area contributed by atoms with Gasteiger partial charge in [0.05, 0.1) is 11.0 Å². The maximum absolute atomic E-state index is 6.48. The van der Waals surface area contributed by atoms with Crippen LogP contribution in [0.1, 0.15) is 0 Å². The molecule has 0 saturated heterocycles. The van der Waals surface area contributed by atoms with Crippen molar-refractivity contribution in [1.82, 2.24) is 4.57 Å². The lowest BCUT2D eigenvalue weighted by Gasteiger charge is -2.23. The Morgan fingerprint density at radius 2 is 1.02 bits per heavy atom. The van der Waals surface area contributed by atoms with Crippen molar-refractivity contribution in [2.75, 3.05) is 0 Å². The summed E-state index contributed by atoms with van der Waals surface area (Å²) < 4.78 is 8.84. The third-order valence-electron chi connectivity index (χ3n) is 8.62. The van der Waals surface area contributed by atoms with Crippen molar-refractivity contribution >= 4 is 32.6 Å². The number of ether oxygens (including phenoxy) is 1. The largest absolute Gasteiger partial charge is 0.456 e. The van der Waals surface area contributed by atoms with E-state index < -0.39 is 0 Å². The fourth-order valence-electron chi connectivity index (χ4n) is 6.68. The molecular formula is C40H25NO. The van der Waals surface area contributed by atoms with Gasteiger partial charge in [-0.1, -0.05) is 109 Å². The summed E-state index contributed by atoms with van der Waals surface area (Å²) >= 11 is 0. The highest BCUT2D eigenvalue weighted by Gasteiger charge is 2.22. The number of fused-ring (bicyclic) bond motifs is 5. The van der Waals surface area contributed by atoms with E-state index in [1.165, 1.54) is 60.4 Å². The summed E-state index contributed by atoms with van der Waals surface area (Å²) in [6.07, 6.45) is 0. The SMILES string of the molecule is c1ccc(-c2ccc3c4c(cccc24)-c2cc(-c4ccc(-n5c6ccccc6c6ccccc65)cc4)ccc2O3)cc1. The highest BCUT2D eigenvalue weighted by Crippen LogP contribution is 2.49. The first-order valence-electron chi connectivity index (χ1n) is 14.4. The molecule has 0 fully saturated rings. The van der Waals surface area contributed by atoms with Crippen LogP contribution in [-0.2, 0) is 0 Å². The third-order valence-corrected chi connectivity index (χ3v) is 8.62. The summed E-state index contributed by atoms with van der Waals surface area (Å²) in [6, 6.07) is 54.2. The van der Waals surface area contributed by atoms with E-state index in [-0.39, 0.29) is 0 Å². The van der Waals surface area contributed by atoms with E-state index in [4.69, 9.17) is 4.74 Å². The van der Waals surface area contributed by atoms with Gasteiger partial charge in [0.1, 0.15) is 11.5 Å². The number of rotatable bonds is 3. The summed E-state index contributed by atoms with van der Waals surface area (Å²) in [6.45, 7) is 0. The molecule has 1 aliphatic heterocycles. The highest BCUT2D eigenvalue weighted by molar-refractivity contribution is 6.11. The molecule has 196 valence electrons. The minimum Gasteiger partial charge on any atom is -0.456 e. The molecule has 0 saturated carbocycles. The summed E-state index contributed by atoms with van der Waals surface area (Å²) in [5.74, 6) is 1.81. The van der Waals surface area contributed by atoms with Gasteiger partial charge in [0.15, 0.2) is 0 Å². The summed E-state index contributed by atoms with van der Waals surface area (Å²) in [5, 5.41) is 4.93. The molecule has 1 aliphatic rings. The second kappa shape index (κ2) is 8.95. The van der Waals surface area contributed by atoms with Gasteiger partial charge in [0, 0.05) is 27.4 Å². The van der Waals surface area contributed by atoms with Crippen LogP contribution in [0.25, 0.3) is 71.6 Å². The fourth-order valence-corrected chi connectivity index (χ4v) is 6.68. The van der Waals surface area contributed by atoms with Gasteiger partial charge in [-0.2, -0.15) is 0 Å². The minimum atomic E-state index is 0.896. The predicted octanol–water partition coefficient (Wildman–Crippen LogP) is 11.0. The first-order chi connectivity index (χ1) is 20.8. The molecule has 0 aliphatic carbocycles. The van der Waals surface area contributed by atoms with Crippen LogP contribution in [0, 0.1) is 0 Å². The summed E-state index contributed by atoms with van der Waals surface area (Å²) in [5.41, 5.74) is 10.7. The maximum atomic E-state index is 6.48. The zero-order chi connectivity index (χ0) is 27.6. The standard InChI is InChI=1S/C40H25NO/c1-2-9-27(10-3-1)30-22-24-39-40-33(30)13-8-14-34(40)35-25-28(19-23-38(35)42-39)26-17-20-29(21-18-26)41-36-15-6-4-11-31(36)32-12-5-7-16-37(32)41/h1-25H. The fraction of sp³-hybridized carbons (Fsp3) is 0. The van der Waals surface area contributed by atoms with Crippen LogP contribution < -0.4 is 4.74 Å². The average molecular weight is 536 g/mol. The van der Waals surface area contributed by atoms with Crippen LogP contribution in [0.3, 0.4) is 0 Å². The second-order valence-electron chi connectivity index (χ2n) is 10.9. The predicted molar refractivity (Wildman–Crippen MR) is 175 cm³/mol. The van der Waals surface area contributed by atoms with Crippen molar-refractivity contribution in [2.24, 2.45) is 0 Å². The lowest BCUT2D eigenvalue weighted by molar-refractivity contribution is 0.487. The van der Waals surface area contributed by atoms with Crippen molar-refractivity contribution in [3.8, 4) is 50.6 Å². The number of nitrogens with zero attached hydrogens (tertiary/aromatic N) is 1. The van der Waals surface area contributed by atoms with Crippen molar-refractivity contribution in [3.63, 3.8) is 0 Å². The highest BCUT2D eigenvalue weighted by atomic mass is 16.5. The van der Waals surface area contributed by atoms with Crippen LogP contribution in [0.4, 0.5) is 0 Å². The van der Waals surface area contributed by atoms with E-state index in [0.717, 1.165) is 22.7 Å². The average Bonchev–Trinajstić information content (AvgIpc) is 3.40. The Hall–Kier alpha value is -5.60. The normalized spacial score (nSPS) is 12.0. The Morgan fingerprint density at radius 3 is 1.79 bits per heavy atom. The Balaban J connectivity index is 1.15. The Bertz CT molecular complexity index is 2260. The van der Waals surface area contributed by atoms with Gasteiger partial charge in [-0.3, -0.25) is 0 Å². The van der Waals surface area contributed by atoms with Gasteiger partial charge in [-0.05, 0) is 75.7 Å². The van der Waals surface area contributed by atoms with E-state index in [0.29, 0.717) is 0 Å². The molecule has 0 atom stereocenters. The van der Waals surface area contributed by atoms with Gasteiger partial charge in [-0.15, -0.1) is 0 Å². The molecule has 7 aromatic carbocycles. The van der Waals surface area contributed by atoms with Gasteiger partial charge >= 0.3 is 0 Å². The molecule has 8 aromatic rings. The molecular weight excluding hydrogens is 510 g/mol. The first-order valence-corrected chi connectivity index (χ1v) is 14.4. The maximum Gasteiger partial charge on any atom is 0.135 e. The lowest BCUT2D eigenvalue weighted by atomic mass is 9.89. The monoisotopic (exact) mass is 535 g/mol. The molecule has 0 amide bonds. The van der Waals surface area contributed by atoms with Gasteiger partial charge in [0.25, 0.3) is 0 Å².